The summed E-state index contributed by atoms with van der Waals surface area (Å²) >= 11 is 0. The van der Waals surface area contributed by atoms with Gasteiger partial charge in [-0.15, -0.1) is 0 Å². The molecule has 0 unspecified atom stereocenters. The van der Waals surface area contributed by atoms with E-state index >= 15 is 0 Å². The Morgan fingerprint density at radius 1 is 1.03 bits per heavy atom. The molecular weight excluding hydrogens is 411 g/mol. The second kappa shape index (κ2) is 8.31. The summed E-state index contributed by atoms with van der Waals surface area (Å²) in [4.78, 5) is 27.6. The average Bonchev–Trinajstić information content (AvgIpc) is 2.67. The van der Waals surface area contributed by atoms with E-state index in [1.807, 2.05) is 0 Å². The number of hydrazine groups is 1. The van der Waals surface area contributed by atoms with E-state index in [-0.39, 0.29) is 17.8 Å². The van der Waals surface area contributed by atoms with Crippen LogP contribution in [0.1, 0.15) is 21.6 Å². The molecule has 0 aliphatic carbocycles. The number of amides is 1. The zero-order valence-corrected chi connectivity index (χ0v) is 15.0. The van der Waals surface area contributed by atoms with Gasteiger partial charge in [-0.3, -0.25) is 25.4 Å². The molecule has 0 atom stereocenters. The van der Waals surface area contributed by atoms with Crippen LogP contribution in [0.3, 0.4) is 0 Å². The zero-order valence-electron chi connectivity index (χ0n) is 15.0. The number of aromatic nitrogens is 2. The summed E-state index contributed by atoms with van der Waals surface area (Å²) < 4.78 is 65.2. The SMILES string of the molecule is O=C(NNc1cc(F)cc(F)c1)c1ccc(=O)n(Cc2ccc(C(F)(F)F)nc2)c1. The van der Waals surface area contributed by atoms with Gasteiger partial charge in [-0.1, -0.05) is 6.07 Å². The third-order valence-corrected chi connectivity index (χ3v) is 3.90. The maximum absolute atomic E-state index is 13.2. The van der Waals surface area contributed by atoms with Gasteiger partial charge in [0.05, 0.1) is 17.8 Å². The molecule has 2 N–H and O–H groups in total. The lowest BCUT2D eigenvalue weighted by Crippen LogP contribution is -2.31. The molecule has 156 valence electrons. The summed E-state index contributed by atoms with van der Waals surface area (Å²) in [5.74, 6) is -2.39. The highest BCUT2D eigenvalue weighted by atomic mass is 19.4. The maximum atomic E-state index is 13.2. The van der Waals surface area contributed by atoms with Crippen LogP contribution in [0.15, 0.2) is 59.7 Å². The second-order valence-electron chi connectivity index (χ2n) is 6.17. The Morgan fingerprint density at radius 3 is 2.33 bits per heavy atom. The fraction of sp³-hybridized carbons (Fsp3) is 0.105. The van der Waals surface area contributed by atoms with Gasteiger partial charge in [0, 0.05) is 24.5 Å². The number of pyridine rings is 2. The van der Waals surface area contributed by atoms with Crippen molar-refractivity contribution in [2.45, 2.75) is 12.7 Å². The van der Waals surface area contributed by atoms with Gasteiger partial charge in [-0.25, -0.2) is 8.78 Å². The maximum Gasteiger partial charge on any atom is 0.433 e. The summed E-state index contributed by atoms with van der Waals surface area (Å²) in [5.41, 5.74) is 3.32. The number of carbonyl (C=O) groups excluding carboxylic acids is 1. The molecule has 0 aliphatic heterocycles. The molecule has 0 bridgehead atoms. The smallest absolute Gasteiger partial charge is 0.310 e. The lowest BCUT2D eigenvalue weighted by atomic mass is 10.2. The number of carbonyl (C=O) groups is 1. The van der Waals surface area contributed by atoms with Crippen LogP contribution in [0.4, 0.5) is 27.6 Å². The molecule has 6 nitrogen and oxygen atoms in total. The van der Waals surface area contributed by atoms with Crippen molar-refractivity contribution in [3.8, 4) is 0 Å². The predicted octanol–water partition coefficient (Wildman–Crippen LogP) is 3.35. The third-order valence-electron chi connectivity index (χ3n) is 3.90. The number of rotatable bonds is 5. The Hall–Kier alpha value is -3.76. The molecule has 0 spiro atoms. The number of anilines is 1. The highest BCUT2D eigenvalue weighted by Crippen LogP contribution is 2.27. The second-order valence-corrected chi connectivity index (χ2v) is 6.17. The summed E-state index contributed by atoms with van der Waals surface area (Å²) in [7, 11) is 0. The lowest BCUT2D eigenvalue weighted by Gasteiger charge is -2.11. The lowest BCUT2D eigenvalue weighted by molar-refractivity contribution is -0.141. The number of hydrogen-bond acceptors (Lipinski definition) is 4. The van der Waals surface area contributed by atoms with E-state index in [9.17, 15) is 31.5 Å². The Bertz CT molecular complexity index is 1110. The number of halogens is 5. The van der Waals surface area contributed by atoms with E-state index in [4.69, 9.17) is 0 Å². The van der Waals surface area contributed by atoms with Gasteiger partial charge in [-0.2, -0.15) is 13.2 Å². The van der Waals surface area contributed by atoms with E-state index in [0.717, 1.165) is 35.0 Å². The molecule has 2 heterocycles. The van der Waals surface area contributed by atoms with Gasteiger partial charge < -0.3 is 4.57 Å². The van der Waals surface area contributed by atoms with Gasteiger partial charge in [0.2, 0.25) is 0 Å². The number of benzene rings is 1. The van der Waals surface area contributed by atoms with Crippen LogP contribution < -0.4 is 16.4 Å². The van der Waals surface area contributed by atoms with E-state index in [1.54, 1.807) is 0 Å². The van der Waals surface area contributed by atoms with Gasteiger partial charge in [-0.05, 0) is 29.8 Å². The van der Waals surface area contributed by atoms with Crippen molar-refractivity contribution in [3.05, 3.63) is 93.7 Å². The van der Waals surface area contributed by atoms with Crippen molar-refractivity contribution in [1.82, 2.24) is 15.0 Å². The Kier molecular flexibility index (Phi) is 5.81. The fourth-order valence-corrected chi connectivity index (χ4v) is 2.50. The highest BCUT2D eigenvalue weighted by molar-refractivity contribution is 5.94. The number of alkyl halides is 3. The Labute approximate surface area is 166 Å². The van der Waals surface area contributed by atoms with Crippen molar-refractivity contribution < 1.29 is 26.7 Å². The van der Waals surface area contributed by atoms with Gasteiger partial charge in [0.25, 0.3) is 11.5 Å². The van der Waals surface area contributed by atoms with Crippen molar-refractivity contribution >= 4 is 11.6 Å². The molecule has 0 radical (unpaired) electrons. The number of nitrogens with zero attached hydrogens (tertiary/aromatic N) is 2. The van der Waals surface area contributed by atoms with Crippen molar-refractivity contribution in [1.29, 1.82) is 0 Å². The van der Waals surface area contributed by atoms with Crippen molar-refractivity contribution in [2.24, 2.45) is 0 Å². The molecule has 30 heavy (non-hydrogen) atoms. The third kappa shape index (κ3) is 5.19. The summed E-state index contributed by atoms with van der Waals surface area (Å²) in [6, 6.07) is 6.89. The first-order valence-corrected chi connectivity index (χ1v) is 8.37. The van der Waals surface area contributed by atoms with Crippen molar-refractivity contribution in [3.63, 3.8) is 0 Å². The van der Waals surface area contributed by atoms with Crippen LogP contribution in [-0.4, -0.2) is 15.5 Å². The van der Waals surface area contributed by atoms with E-state index in [0.29, 0.717) is 11.6 Å². The summed E-state index contributed by atoms with van der Waals surface area (Å²) in [6.07, 6.45) is -2.39. The van der Waals surface area contributed by atoms with Crippen molar-refractivity contribution in [2.75, 3.05) is 5.43 Å². The zero-order chi connectivity index (χ0) is 21.9. The molecule has 0 saturated heterocycles. The first-order chi connectivity index (χ1) is 14.1. The monoisotopic (exact) mass is 424 g/mol. The standard InChI is InChI=1S/C19H13F5N4O2/c20-13-5-14(21)7-15(6-13)26-27-18(30)12-2-4-17(29)28(10-12)9-11-1-3-16(25-8-11)19(22,23)24/h1-8,10,26H,9H2,(H,27,30). The highest BCUT2D eigenvalue weighted by Gasteiger charge is 2.32. The van der Waals surface area contributed by atoms with Crippen LogP contribution in [-0.2, 0) is 12.7 Å². The van der Waals surface area contributed by atoms with Gasteiger partial charge in [0.1, 0.15) is 17.3 Å². The van der Waals surface area contributed by atoms with Gasteiger partial charge in [0.15, 0.2) is 0 Å². The number of hydrogen-bond donors (Lipinski definition) is 2. The molecule has 2 aromatic heterocycles. The van der Waals surface area contributed by atoms with Crippen LogP contribution in [0.25, 0.3) is 0 Å². The fourth-order valence-electron chi connectivity index (χ4n) is 2.50. The minimum absolute atomic E-state index is 0.0267. The molecule has 0 saturated carbocycles. The number of nitrogens with one attached hydrogen (secondary N) is 2. The molecule has 1 aromatic carbocycles. The summed E-state index contributed by atoms with van der Waals surface area (Å²) in [6.45, 7) is -0.117. The largest absolute Gasteiger partial charge is 0.433 e. The quantitative estimate of drug-likeness (QED) is 0.487. The molecular formula is C19H13F5N4O2. The first-order valence-electron chi connectivity index (χ1n) is 8.37. The molecule has 1 amide bonds. The Morgan fingerprint density at radius 2 is 1.73 bits per heavy atom. The average molecular weight is 424 g/mol. The van der Waals surface area contributed by atoms with E-state index < -0.39 is 35.0 Å². The predicted molar refractivity (Wildman–Crippen MR) is 96.5 cm³/mol. The van der Waals surface area contributed by atoms with E-state index in [1.165, 1.54) is 18.3 Å². The van der Waals surface area contributed by atoms with Crippen LogP contribution in [0.2, 0.25) is 0 Å². The normalized spacial score (nSPS) is 11.2. The minimum atomic E-state index is -4.58. The minimum Gasteiger partial charge on any atom is -0.310 e. The molecule has 11 heteroatoms. The van der Waals surface area contributed by atoms with Crippen LogP contribution in [0.5, 0.6) is 0 Å². The topological polar surface area (TPSA) is 76.0 Å². The first kappa shape index (κ1) is 21.0. The molecule has 3 rings (SSSR count). The van der Waals surface area contributed by atoms with Crippen LogP contribution in [0, 0.1) is 11.6 Å². The molecule has 0 fully saturated rings. The molecule has 0 aliphatic rings. The van der Waals surface area contributed by atoms with E-state index in [2.05, 4.69) is 15.8 Å². The van der Waals surface area contributed by atoms with Crippen LogP contribution >= 0.6 is 0 Å². The Balaban J connectivity index is 1.72. The molecule has 3 aromatic rings. The van der Waals surface area contributed by atoms with Gasteiger partial charge >= 0.3 is 6.18 Å². The summed E-state index contributed by atoms with van der Waals surface area (Å²) in [5, 5.41) is 0.